The summed E-state index contributed by atoms with van der Waals surface area (Å²) in [4.78, 5) is 0. The average Bonchev–Trinajstić information content (AvgIpc) is 2.21. The van der Waals surface area contributed by atoms with E-state index in [-0.39, 0.29) is 0 Å². The highest BCUT2D eigenvalue weighted by molar-refractivity contribution is 6.71. The summed E-state index contributed by atoms with van der Waals surface area (Å²) in [6.07, 6.45) is 0. The Bertz CT molecular complexity index is 492. The minimum absolute atomic E-state index is 0.688. The third-order valence-electron chi connectivity index (χ3n) is 2.80. The highest BCUT2D eigenvalue weighted by atomic mass is 28.4. The summed E-state index contributed by atoms with van der Waals surface area (Å²) in [6.45, 7) is 21.8. The first-order valence-electron chi connectivity index (χ1n) is 8.30. The van der Waals surface area contributed by atoms with E-state index in [0.29, 0.717) is 0 Å². The van der Waals surface area contributed by atoms with Crippen LogP contribution in [-0.2, 0) is 14.6 Å². The molecule has 1 aromatic carbocycles. The molecule has 0 atom stereocenters. The second-order valence-corrected chi connectivity index (χ2v) is 22.4. The summed E-state index contributed by atoms with van der Waals surface area (Å²) < 4.78 is 18.9. The molecular formula is C17H34O3Si3. The van der Waals surface area contributed by atoms with Crippen LogP contribution in [-0.4, -0.2) is 25.0 Å². The zero-order chi connectivity index (χ0) is 18.1. The van der Waals surface area contributed by atoms with E-state index in [1.807, 2.05) is 12.1 Å². The van der Waals surface area contributed by atoms with Crippen molar-refractivity contribution in [1.29, 1.82) is 0 Å². The van der Waals surface area contributed by atoms with Gasteiger partial charge in [0.1, 0.15) is 5.75 Å². The highest BCUT2D eigenvalue weighted by Gasteiger charge is 2.38. The fourth-order valence-electron chi connectivity index (χ4n) is 2.49. The lowest BCUT2D eigenvalue weighted by Gasteiger charge is -2.40. The Hall–Kier alpha value is -0.409. The summed E-state index contributed by atoms with van der Waals surface area (Å²) in [5.41, 5.74) is 1.06. The molecule has 0 N–H and O–H groups in total. The number of hydrogen-bond acceptors (Lipinski definition) is 3. The molecule has 0 saturated heterocycles. The molecule has 0 aliphatic heterocycles. The minimum Gasteiger partial charge on any atom is -0.544 e. The Morgan fingerprint density at radius 2 is 1.04 bits per heavy atom. The molecule has 23 heavy (non-hydrogen) atoms. The first-order chi connectivity index (χ1) is 10.1. The molecule has 0 amide bonds. The van der Waals surface area contributed by atoms with Gasteiger partial charge < -0.3 is 13.3 Å². The largest absolute Gasteiger partial charge is 0.544 e. The second kappa shape index (κ2) is 6.84. The van der Waals surface area contributed by atoms with E-state index in [1.54, 1.807) is 0 Å². The second-order valence-electron chi connectivity index (χ2n) is 9.11. The summed E-state index contributed by atoms with van der Waals surface area (Å²) in [7, 11) is -5.09. The van der Waals surface area contributed by atoms with Crippen molar-refractivity contribution in [2.24, 2.45) is 0 Å². The van der Waals surface area contributed by atoms with Gasteiger partial charge in [0.05, 0.1) is 0 Å². The van der Waals surface area contributed by atoms with E-state index in [9.17, 15) is 0 Å². The molecule has 1 rings (SSSR count). The van der Waals surface area contributed by atoms with Crippen molar-refractivity contribution >= 4 is 25.0 Å². The lowest BCUT2D eigenvalue weighted by molar-refractivity contribution is -0.119. The molecule has 0 radical (unpaired) electrons. The molecule has 0 heterocycles. The Morgan fingerprint density at radius 1 is 0.652 bits per heavy atom. The summed E-state index contributed by atoms with van der Waals surface area (Å²) in [5, 5.41) is 0. The molecule has 0 fully saturated rings. The number of benzene rings is 1. The minimum atomic E-state index is -1.75. The lowest BCUT2D eigenvalue weighted by atomic mass is 10.1. The molecule has 3 nitrogen and oxygen atoms in total. The van der Waals surface area contributed by atoms with Crippen molar-refractivity contribution in [1.82, 2.24) is 0 Å². The number of hydrogen-bond donors (Lipinski definition) is 0. The van der Waals surface area contributed by atoms with E-state index in [0.717, 1.165) is 11.3 Å². The van der Waals surface area contributed by atoms with Gasteiger partial charge in [-0.25, -0.2) is 0 Å². The quantitative estimate of drug-likeness (QED) is 0.450. The molecule has 0 spiro atoms. The van der Waals surface area contributed by atoms with Gasteiger partial charge in [-0.2, -0.15) is 0 Å². The lowest BCUT2D eigenvalue weighted by Crippen LogP contribution is -2.46. The maximum atomic E-state index is 6.45. The predicted octanol–water partition coefficient (Wildman–Crippen LogP) is 5.78. The zero-order valence-electron chi connectivity index (χ0n) is 16.5. The molecule has 0 aliphatic carbocycles. The standard InChI is InChI=1S/C17H34O3Si3/c1-17(19-22(5,6)7,20-23(8,9)10)15-11-13-16(14-12-15)18-21(2,3)4/h11-14H,1-10H3. The van der Waals surface area contributed by atoms with Gasteiger partial charge in [0.25, 0.3) is 0 Å². The fourth-order valence-corrected chi connectivity index (χ4v) is 6.07. The van der Waals surface area contributed by atoms with E-state index in [4.69, 9.17) is 13.3 Å². The smallest absolute Gasteiger partial charge is 0.242 e. The molecule has 0 aliphatic rings. The molecule has 6 heteroatoms. The van der Waals surface area contributed by atoms with Crippen LogP contribution < -0.4 is 4.43 Å². The number of rotatable bonds is 7. The van der Waals surface area contributed by atoms with Crippen molar-refractivity contribution in [2.75, 3.05) is 0 Å². The summed E-state index contributed by atoms with van der Waals surface area (Å²) in [6, 6.07) is 8.23. The third kappa shape index (κ3) is 7.80. The van der Waals surface area contributed by atoms with Crippen LogP contribution in [0.3, 0.4) is 0 Å². The van der Waals surface area contributed by atoms with E-state index >= 15 is 0 Å². The third-order valence-corrected chi connectivity index (χ3v) is 5.66. The van der Waals surface area contributed by atoms with Crippen LogP contribution in [0.15, 0.2) is 24.3 Å². The van der Waals surface area contributed by atoms with Crippen LogP contribution >= 0.6 is 0 Å². The maximum absolute atomic E-state index is 6.45. The van der Waals surface area contributed by atoms with Crippen LogP contribution in [0.5, 0.6) is 5.75 Å². The van der Waals surface area contributed by atoms with Crippen LogP contribution in [0.1, 0.15) is 12.5 Å². The molecule has 0 saturated carbocycles. The summed E-state index contributed by atoms with van der Waals surface area (Å²) in [5.74, 6) is 0.239. The maximum Gasteiger partial charge on any atom is 0.242 e. The normalized spacial score (nSPS) is 14.0. The Kier molecular flexibility index (Phi) is 6.13. The van der Waals surface area contributed by atoms with Gasteiger partial charge in [-0.15, -0.1) is 0 Å². The Morgan fingerprint density at radius 3 is 1.35 bits per heavy atom. The molecule has 0 aromatic heterocycles. The van der Waals surface area contributed by atoms with Crippen LogP contribution in [0, 0.1) is 0 Å². The van der Waals surface area contributed by atoms with Gasteiger partial charge in [0.2, 0.25) is 8.32 Å². The van der Waals surface area contributed by atoms with Gasteiger partial charge in [0.15, 0.2) is 22.4 Å². The van der Waals surface area contributed by atoms with Crippen molar-refractivity contribution in [3.63, 3.8) is 0 Å². The Labute approximate surface area is 145 Å². The monoisotopic (exact) mass is 370 g/mol. The molecule has 0 bridgehead atoms. The van der Waals surface area contributed by atoms with Gasteiger partial charge in [-0.1, -0.05) is 12.1 Å². The van der Waals surface area contributed by atoms with Gasteiger partial charge in [-0.3, -0.25) is 0 Å². The Balaban J connectivity index is 3.12. The predicted molar refractivity (Wildman–Crippen MR) is 107 cm³/mol. The van der Waals surface area contributed by atoms with Crippen LogP contribution in [0.25, 0.3) is 0 Å². The first kappa shape index (κ1) is 20.6. The topological polar surface area (TPSA) is 27.7 Å². The van der Waals surface area contributed by atoms with Gasteiger partial charge in [0, 0.05) is 5.56 Å². The van der Waals surface area contributed by atoms with Crippen molar-refractivity contribution in [3.8, 4) is 5.75 Å². The first-order valence-corrected chi connectivity index (χ1v) is 18.5. The molecule has 1 aromatic rings. The fraction of sp³-hybridized carbons (Fsp3) is 0.647. The zero-order valence-corrected chi connectivity index (χ0v) is 19.5. The molecule has 132 valence electrons. The van der Waals surface area contributed by atoms with Gasteiger partial charge >= 0.3 is 0 Å². The van der Waals surface area contributed by atoms with E-state index in [1.165, 1.54) is 0 Å². The van der Waals surface area contributed by atoms with Crippen molar-refractivity contribution < 1.29 is 13.3 Å². The van der Waals surface area contributed by atoms with E-state index in [2.05, 4.69) is 78.0 Å². The van der Waals surface area contributed by atoms with Crippen LogP contribution in [0.2, 0.25) is 58.9 Å². The summed E-state index contributed by atoms with van der Waals surface area (Å²) >= 11 is 0. The molecular weight excluding hydrogens is 336 g/mol. The SMILES string of the molecule is CC(O[Si](C)(C)C)(O[Si](C)(C)C)c1ccc(O[Si](C)(C)C)cc1. The van der Waals surface area contributed by atoms with E-state index < -0.39 is 30.7 Å². The van der Waals surface area contributed by atoms with Crippen molar-refractivity contribution in [2.45, 2.75) is 71.6 Å². The van der Waals surface area contributed by atoms with Crippen molar-refractivity contribution in [3.05, 3.63) is 29.8 Å². The highest BCUT2D eigenvalue weighted by Crippen LogP contribution is 2.34. The van der Waals surface area contributed by atoms with Gasteiger partial charge in [-0.05, 0) is 78.0 Å². The van der Waals surface area contributed by atoms with Crippen LogP contribution in [0.4, 0.5) is 0 Å². The molecule has 0 unspecified atom stereocenters. The average molecular weight is 371 g/mol.